The molecule has 0 spiro atoms. The highest BCUT2D eigenvalue weighted by atomic mass is 16.5. The molecule has 3 heterocycles. The molecule has 174 valence electrons. The van der Waals surface area contributed by atoms with Crippen LogP contribution in [0.5, 0.6) is 0 Å². The van der Waals surface area contributed by atoms with Gasteiger partial charge in [-0.25, -0.2) is 9.48 Å². The molecule has 2 aromatic carbocycles. The maximum absolute atomic E-state index is 12.9. The van der Waals surface area contributed by atoms with Crippen molar-refractivity contribution in [2.45, 2.75) is 13.0 Å². The monoisotopic (exact) mass is 459 g/mol. The molecule has 0 unspecified atom stereocenters. The second-order valence-electron chi connectivity index (χ2n) is 8.19. The van der Waals surface area contributed by atoms with Gasteiger partial charge in [-0.2, -0.15) is 0 Å². The maximum atomic E-state index is 12.9. The van der Waals surface area contributed by atoms with E-state index < -0.39 is 0 Å². The number of methoxy groups -OCH3 is 1. The van der Waals surface area contributed by atoms with Crippen LogP contribution in [0.1, 0.15) is 22.3 Å². The molecule has 9 heteroatoms. The van der Waals surface area contributed by atoms with E-state index in [0.717, 1.165) is 48.6 Å². The highest BCUT2D eigenvalue weighted by Gasteiger charge is 2.16. The number of benzene rings is 2. The Morgan fingerprint density at radius 3 is 2.91 bits per heavy atom. The number of aromatic amines is 1. The van der Waals surface area contributed by atoms with Gasteiger partial charge in [0.2, 0.25) is 0 Å². The lowest BCUT2D eigenvalue weighted by atomic mass is 10.1. The number of para-hydroxylation sites is 1. The molecular weight excluding hydrogens is 434 g/mol. The molecule has 1 saturated heterocycles. The average Bonchev–Trinajstić information content (AvgIpc) is 3.14. The number of fused-ring (bicyclic) bond motifs is 1. The van der Waals surface area contributed by atoms with Gasteiger partial charge in [0.15, 0.2) is 5.43 Å². The molecule has 4 aromatic rings. The highest BCUT2D eigenvalue weighted by Crippen LogP contribution is 2.26. The standard InChI is InChI=1S/C25H25N5O4/c1-33-25(32)18-6-2-5-17(13-18)15-30-16-21(27-28-30)19-7-3-8-20-22(31)14-23(26-24(19)20)29-9-4-11-34-12-10-29/h2-3,5-8,13-14,16H,4,9-12,15H2,1H3,(H,26,31). The molecule has 5 rings (SSSR count). The first-order chi connectivity index (χ1) is 16.6. The van der Waals surface area contributed by atoms with Crippen molar-refractivity contribution in [3.05, 3.63) is 76.1 Å². The summed E-state index contributed by atoms with van der Waals surface area (Å²) >= 11 is 0. The zero-order chi connectivity index (χ0) is 23.5. The van der Waals surface area contributed by atoms with Gasteiger partial charge in [0.05, 0.1) is 37.5 Å². The van der Waals surface area contributed by atoms with Crippen molar-refractivity contribution >= 4 is 22.7 Å². The minimum atomic E-state index is -0.382. The summed E-state index contributed by atoms with van der Waals surface area (Å²) < 4.78 is 12.1. The Morgan fingerprint density at radius 2 is 2.03 bits per heavy atom. The van der Waals surface area contributed by atoms with E-state index in [1.165, 1.54) is 7.11 Å². The lowest BCUT2D eigenvalue weighted by molar-refractivity contribution is 0.0600. The molecule has 1 aliphatic rings. The van der Waals surface area contributed by atoms with Crippen LogP contribution >= 0.6 is 0 Å². The number of rotatable bonds is 5. The second-order valence-corrected chi connectivity index (χ2v) is 8.19. The number of hydrogen-bond donors (Lipinski definition) is 1. The van der Waals surface area contributed by atoms with Crippen LogP contribution in [0.3, 0.4) is 0 Å². The van der Waals surface area contributed by atoms with Crippen LogP contribution in [0, 0.1) is 0 Å². The van der Waals surface area contributed by atoms with Gasteiger partial charge in [-0.3, -0.25) is 4.79 Å². The number of anilines is 1. The summed E-state index contributed by atoms with van der Waals surface area (Å²) in [6.07, 6.45) is 2.75. The Morgan fingerprint density at radius 1 is 1.15 bits per heavy atom. The lowest BCUT2D eigenvalue weighted by Gasteiger charge is -2.22. The van der Waals surface area contributed by atoms with Crippen LogP contribution in [0.2, 0.25) is 0 Å². The Balaban J connectivity index is 1.48. The first kappa shape index (κ1) is 21.8. The SMILES string of the molecule is COC(=O)c1cccc(Cn2cc(-c3cccc4c(=O)cc(N5CCCOCC5)[nH]c34)nn2)c1. The Labute approximate surface area is 195 Å². The number of nitrogens with zero attached hydrogens (tertiary/aromatic N) is 4. The van der Waals surface area contributed by atoms with Gasteiger partial charge in [0.1, 0.15) is 11.5 Å². The van der Waals surface area contributed by atoms with Gasteiger partial charge in [0.25, 0.3) is 0 Å². The van der Waals surface area contributed by atoms with Crippen LogP contribution < -0.4 is 10.3 Å². The fourth-order valence-corrected chi connectivity index (χ4v) is 4.23. The normalized spacial score (nSPS) is 14.2. The fraction of sp³-hybridized carbons (Fsp3) is 0.280. The van der Waals surface area contributed by atoms with E-state index in [1.54, 1.807) is 22.9 Å². The summed E-state index contributed by atoms with van der Waals surface area (Å²) in [6, 6.07) is 14.5. The van der Waals surface area contributed by atoms with Crippen molar-refractivity contribution in [3.63, 3.8) is 0 Å². The van der Waals surface area contributed by atoms with E-state index in [-0.39, 0.29) is 11.4 Å². The van der Waals surface area contributed by atoms with Crippen molar-refractivity contribution in [2.24, 2.45) is 0 Å². The Kier molecular flexibility index (Phi) is 6.09. The summed E-state index contributed by atoms with van der Waals surface area (Å²) in [4.78, 5) is 30.3. The number of hydrogen-bond acceptors (Lipinski definition) is 7. The minimum absolute atomic E-state index is 0.0391. The highest BCUT2D eigenvalue weighted by molar-refractivity contribution is 5.93. The molecular formula is C25H25N5O4. The molecule has 1 N–H and O–H groups in total. The largest absolute Gasteiger partial charge is 0.465 e. The minimum Gasteiger partial charge on any atom is -0.465 e. The molecule has 0 aliphatic carbocycles. The summed E-state index contributed by atoms with van der Waals surface area (Å²) in [7, 11) is 1.36. The second kappa shape index (κ2) is 9.48. The molecule has 0 atom stereocenters. The molecule has 9 nitrogen and oxygen atoms in total. The number of carbonyl (C=O) groups excluding carboxylic acids is 1. The van der Waals surface area contributed by atoms with Gasteiger partial charge in [-0.1, -0.05) is 29.5 Å². The molecule has 34 heavy (non-hydrogen) atoms. The molecule has 0 saturated carbocycles. The lowest BCUT2D eigenvalue weighted by Crippen LogP contribution is -2.28. The van der Waals surface area contributed by atoms with Gasteiger partial charge in [0, 0.05) is 36.7 Å². The van der Waals surface area contributed by atoms with Crippen LogP contribution in [-0.4, -0.2) is 59.4 Å². The van der Waals surface area contributed by atoms with Crippen molar-refractivity contribution in [2.75, 3.05) is 38.3 Å². The van der Waals surface area contributed by atoms with Gasteiger partial charge in [-0.15, -0.1) is 5.10 Å². The Hall–Kier alpha value is -3.98. The number of nitrogens with one attached hydrogen (secondary N) is 1. The van der Waals surface area contributed by atoms with E-state index in [2.05, 4.69) is 20.2 Å². The van der Waals surface area contributed by atoms with E-state index in [0.29, 0.717) is 29.8 Å². The summed E-state index contributed by atoms with van der Waals surface area (Å²) in [5.74, 6) is 0.398. The van der Waals surface area contributed by atoms with E-state index in [4.69, 9.17) is 9.47 Å². The van der Waals surface area contributed by atoms with E-state index >= 15 is 0 Å². The number of aromatic nitrogens is 4. The number of esters is 1. The molecule has 1 aliphatic heterocycles. The summed E-state index contributed by atoms with van der Waals surface area (Å²) in [5.41, 5.74) is 3.53. The Bertz CT molecular complexity index is 1390. The topological polar surface area (TPSA) is 102 Å². The van der Waals surface area contributed by atoms with Gasteiger partial charge in [-0.05, 0) is 30.2 Å². The number of carbonyl (C=O) groups is 1. The van der Waals surface area contributed by atoms with Gasteiger partial charge >= 0.3 is 5.97 Å². The predicted molar refractivity (Wildman–Crippen MR) is 128 cm³/mol. The molecule has 0 amide bonds. The average molecular weight is 460 g/mol. The van der Waals surface area contributed by atoms with Crippen molar-refractivity contribution in [3.8, 4) is 11.3 Å². The first-order valence-corrected chi connectivity index (χ1v) is 11.2. The number of H-pyrrole nitrogens is 1. The zero-order valence-electron chi connectivity index (χ0n) is 18.9. The van der Waals surface area contributed by atoms with Gasteiger partial charge < -0.3 is 19.4 Å². The first-order valence-electron chi connectivity index (χ1n) is 11.2. The molecule has 0 bridgehead atoms. The summed E-state index contributed by atoms with van der Waals surface area (Å²) in [5, 5.41) is 9.23. The molecule has 2 aromatic heterocycles. The third kappa shape index (κ3) is 4.42. The zero-order valence-corrected chi connectivity index (χ0v) is 18.9. The molecule has 0 radical (unpaired) electrons. The van der Waals surface area contributed by atoms with Crippen molar-refractivity contribution in [1.82, 2.24) is 20.0 Å². The van der Waals surface area contributed by atoms with Crippen molar-refractivity contribution in [1.29, 1.82) is 0 Å². The quantitative estimate of drug-likeness (QED) is 0.458. The number of ether oxygens (including phenoxy) is 2. The summed E-state index contributed by atoms with van der Waals surface area (Å²) in [6.45, 7) is 3.35. The number of pyridine rings is 1. The molecule has 1 fully saturated rings. The maximum Gasteiger partial charge on any atom is 0.337 e. The smallest absolute Gasteiger partial charge is 0.337 e. The van der Waals surface area contributed by atoms with Crippen molar-refractivity contribution < 1.29 is 14.3 Å². The van der Waals surface area contributed by atoms with E-state index in [1.807, 2.05) is 36.5 Å². The van der Waals surface area contributed by atoms with Crippen LogP contribution in [-0.2, 0) is 16.0 Å². The van der Waals surface area contributed by atoms with E-state index in [9.17, 15) is 9.59 Å². The third-order valence-corrected chi connectivity index (χ3v) is 5.92. The van der Waals surface area contributed by atoms with Crippen LogP contribution in [0.4, 0.5) is 5.82 Å². The predicted octanol–water partition coefficient (Wildman–Crippen LogP) is 2.85. The fourth-order valence-electron chi connectivity index (χ4n) is 4.23. The van der Waals surface area contributed by atoms with Crippen LogP contribution in [0.15, 0.2) is 59.5 Å². The third-order valence-electron chi connectivity index (χ3n) is 5.92. The van der Waals surface area contributed by atoms with Crippen LogP contribution in [0.25, 0.3) is 22.2 Å².